The predicted octanol–water partition coefficient (Wildman–Crippen LogP) is 3.62. The molecule has 0 aromatic heterocycles. The zero-order chi connectivity index (χ0) is 18.6. The second-order valence-electron chi connectivity index (χ2n) is 7.44. The minimum Gasteiger partial charge on any atom is -0.357 e. The average molecular weight is 570 g/mol. The van der Waals surface area contributed by atoms with Crippen molar-refractivity contribution in [2.24, 2.45) is 4.99 Å². The van der Waals surface area contributed by atoms with Crippen molar-refractivity contribution in [1.29, 1.82) is 0 Å². The van der Waals surface area contributed by atoms with Crippen LogP contribution in [0.1, 0.15) is 44.6 Å². The number of guanidine groups is 1. The highest BCUT2D eigenvalue weighted by Crippen LogP contribution is 2.42. The fraction of sp³-hybridized carbons (Fsp3) is 0.632. The first-order chi connectivity index (χ1) is 12.4. The Balaban J connectivity index is 0.00000261. The molecule has 1 unspecified atom stereocenters. The van der Waals surface area contributed by atoms with Crippen LogP contribution < -0.4 is 10.6 Å². The molecular weight excluding hydrogens is 541 g/mol. The molecule has 27 heavy (non-hydrogen) atoms. The lowest BCUT2D eigenvalue weighted by Crippen LogP contribution is -2.44. The Morgan fingerprint density at radius 1 is 1.33 bits per heavy atom. The summed E-state index contributed by atoms with van der Waals surface area (Å²) in [5, 5.41) is 6.60. The molecule has 1 aromatic carbocycles. The van der Waals surface area contributed by atoms with Crippen LogP contribution in [0.4, 0.5) is 0 Å². The summed E-state index contributed by atoms with van der Waals surface area (Å²) >= 11 is 3.59. The summed E-state index contributed by atoms with van der Waals surface area (Å²) in [5.41, 5.74) is 1.42. The normalized spacial score (nSPS) is 23.6. The van der Waals surface area contributed by atoms with Crippen LogP contribution in [0.2, 0.25) is 0 Å². The molecule has 0 amide bonds. The molecule has 0 radical (unpaired) electrons. The van der Waals surface area contributed by atoms with Crippen molar-refractivity contribution in [3.63, 3.8) is 0 Å². The zero-order valence-corrected chi connectivity index (χ0v) is 20.4. The van der Waals surface area contributed by atoms with Gasteiger partial charge >= 0.3 is 0 Å². The van der Waals surface area contributed by atoms with E-state index in [9.17, 15) is 8.42 Å². The van der Waals surface area contributed by atoms with Gasteiger partial charge in [0.15, 0.2) is 15.8 Å². The summed E-state index contributed by atoms with van der Waals surface area (Å²) in [7, 11) is -2.90. The minimum absolute atomic E-state index is 0. The Bertz CT molecular complexity index is 764. The average Bonchev–Trinajstić information content (AvgIpc) is 3.20. The topological polar surface area (TPSA) is 70.6 Å². The van der Waals surface area contributed by atoms with Gasteiger partial charge in [0.05, 0.1) is 18.1 Å². The number of nitrogens with one attached hydrogen (secondary N) is 2. The third-order valence-corrected chi connectivity index (χ3v) is 7.72. The number of rotatable bonds is 5. The first-order valence-corrected chi connectivity index (χ1v) is 12.1. The molecule has 5 nitrogen and oxygen atoms in total. The molecule has 1 heterocycles. The van der Waals surface area contributed by atoms with E-state index in [4.69, 9.17) is 4.99 Å². The summed E-state index contributed by atoms with van der Waals surface area (Å²) < 4.78 is 24.5. The van der Waals surface area contributed by atoms with Gasteiger partial charge in [0.1, 0.15) is 0 Å². The molecule has 2 aliphatic rings. The summed E-state index contributed by atoms with van der Waals surface area (Å²) in [6.07, 6.45) is 5.40. The van der Waals surface area contributed by atoms with Crippen LogP contribution in [-0.2, 0) is 15.3 Å². The Morgan fingerprint density at radius 2 is 2.07 bits per heavy atom. The molecular formula is C19H29BrIN3O2S. The van der Waals surface area contributed by atoms with E-state index < -0.39 is 9.84 Å². The van der Waals surface area contributed by atoms with Crippen LogP contribution >= 0.6 is 39.9 Å². The lowest BCUT2D eigenvalue weighted by Gasteiger charge is -2.29. The predicted molar refractivity (Wildman–Crippen MR) is 126 cm³/mol. The second kappa shape index (κ2) is 9.91. The van der Waals surface area contributed by atoms with E-state index in [1.807, 2.05) is 6.92 Å². The first kappa shape index (κ1) is 22.9. The summed E-state index contributed by atoms with van der Waals surface area (Å²) in [6.45, 7) is 3.51. The highest BCUT2D eigenvalue weighted by molar-refractivity contribution is 14.0. The third kappa shape index (κ3) is 6.06. The Kier molecular flexibility index (Phi) is 8.42. The molecule has 2 N–H and O–H groups in total. The Morgan fingerprint density at radius 3 is 2.67 bits per heavy atom. The van der Waals surface area contributed by atoms with E-state index in [1.54, 1.807) is 0 Å². The van der Waals surface area contributed by atoms with Crippen molar-refractivity contribution in [3.05, 3.63) is 34.3 Å². The molecule has 0 bridgehead atoms. The van der Waals surface area contributed by atoms with Gasteiger partial charge in [-0.25, -0.2) is 8.42 Å². The largest absolute Gasteiger partial charge is 0.357 e. The quantitative estimate of drug-likeness (QED) is 0.323. The molecule has 1 atom stereocenters. The van der Waals surface area contributed by atoms with Gasteiger partial charge in [-0.2, -0.15) is 0 Å². The summed E-state index contributed by atoms with van der Waals surface area (Å²) in [5.74, 6) is 1.20. The van der Waals surface area contributed by atoms with Crippen LogP contribution in [0.3, 0.4) is 0 Å². The fourth-order valence-electron chi connectivity index (χ4n) is 4.06. The number of halogens is 2. The molecule has 0 spiro atoms. The van der Waals surface area contributed by atoms with E-state index in [0.29, 0.717) is 6.42 Å². The van der Waals surface area contributed by atoms with Gasteiger partial charge < -0.3 is 10.6 Å². The number of sulfone groups is 1. The minimum atomic E-state index is -2.90. The van der Waals surface area contributed by atoms with E-state index in [1.165, 1.54) is 18.4 Å². The van der Waals surface area contributed by atoms with Crippen LogP contribution in [-0.4, -0.2) is 45.0 Å². The summed E-state index contributed by atoms with van der Waals surface area (Å²) in [6, 6.07) is 8.53. The standard InChI is InChI=1S/C19H28BrN3O2S.HI/c1-2-21-18(23-17-8-11-26(24,25)13-17)22-14-19(9-3-4-10-19)15-6-5-7-16(20)12-15;/h5-7,12,17H,2-4,8-11,13-14H2,1H3,(H2,21,22,23);1H. The van der Waals surface area contributed by atoms with Crippen molar-refractivity contribution < 1.29 is 8.42 Å². The van der Waals surface area contributed by atoms with Gasteiger partial charge in [-0.1, -0.05) is 40.9 Å². The van der Waals surface area contributed by atoms with E-state index >= 15 is 0 Å². The summed E-state index contributed by atoms with van der Waals surface area (Å²) in [4.78, 5) is 4.87. The maximum atomic E-state index is 11.7. The van der Waals surface area contributed by atoms with Crippen LogP contribution in [0.15, 0.2) is 33.7 Å². The van der Waals surface area contributed by atoms with Crippen molar-refractivity contribution in [2.75, 3.05) is 24.6 Å². The van der Waals surface area contributed by atoms with Crippen LogP contribution in [0, 0.1) is 0 Å². The van der Waals surface area contributed by atoms with E-state index in [0.717, 1.165) is 36.4 Å². The Hall–Kier alpha value is -0.350. The smallest absolute Gasteiger partial charge is 0.191 e. The van der Waals surface area contributed by atoms with Crippen molar-refractivity contribution in [1.82, 2.24) is 10.6 Å². The zero-order valence-electron chi connectivity index (χ0n) is 15.7. The highest BCUT2D eigenvalue weighted by atomic mass is 127. The maximum Gasteiger partial charge on any atom is 0.191 e. The van der Waals surface area contributed by atoms with E-state index in [-0.39, 0.29) is 46.9 Å². The van der Waals surface area contributed by atoms with E-state index in [2.05, 4.69) is 50.8 Å². The third-order valence-electron chi connectivity index (χ3n) is 5.45. The molecule has 1 aliphatic heterocycles. The van der Waals surface area contributed by atoms with Crippen molar-refractivity contribution in [3.8, 4) is 0 Å². The van der Waals surface area contributed by atoms with Crippen LogP contribution in [0.5, 0.6) is 0 Å². The number of aliphatic imine (C=N–C) groups is 1. The van der Waals surface area contributed by atoms with Crippen LogP contribution in [0.25, 0.3) is 0 Å². The molecule has 1 aliphatic carbocycles. The van der Waals surface area contributed by atoms with Gasteiger partial charge in [0, 0.05) is 22.5 Å². The molecule has 3 rings (SSSR count). The van der Waals surface area contributed by atoms with Gasteiger partial charge in [-0.05, 0) is 43.9 Å². The SMILES string of the molecule is CCNC(=NCC1(c2cccc(Br)c2)CCCC1)NC1CCS(=O)(=O)C1.I. The van der Waals surface area contributed by atoms with Gasteiger partial charge in [0.2, 0.25) is 0 Å². The van der Waals surface area contributed by atoms with Gasteiger partial charge in [-0.3, -0.25) is 4.99 Å². The number of hydrogen-bond donors (Lipinski definition) is 2. The lowest BCUT2D eigenvalue weighted by atomic mass is 9.79. The lowest BCUT2D eigenvalue weighted by molar-refractivity contribution is 0.452. The second-order valence-corrected chi connectivity index (χ2v) is 10.6. The molecule has 152 valence electrons. The highest BCUT2D eigenvalue weighted by Gasteiger charge is 2.36. The number of benzene rings is 1. The molecule has 1 saturated heterocycles. The van der Waals surface area contributed by atoms with Gasteiger partial charge in [0.25, 0.3) is 0 Å². The molecule has 8 heteroatoms. The number of nitrogens with zero attached hydrogens (tertiary/aromatic N) is 1. The molecule has 1 saturated carbocycles. The fourth-order valence-corrected chi connectivity index (χ4v) is 6.13. The van der Waals surface area contributed by atoms with Gasteiger partial charge in [-0.15, -0.1) is 24.0 Å². The monoisotopic (exact) mass is 569 g/mol. The van der Waals surface area contributed by atoms with Crippen molar-refractivity contribution >= 4 is 55.7 Å². The molecule has 1 aromatic rings. The number of hydrogen-bond acceptors (Lipinski definition) is 3. The van der Waals surface area contributed by atoms with Crippen molar-refractivity contribution in [2.45, 2.75) is 50.5 Å². The first-order valence-electron chi connectivity index (χ1n) is 9.44. The Labute approximate surface area is 188 Å². The molecule has 2 fully saturated rings. The maximum absolute atomic E-state index is 11.7.